The van der Waals surface area contributed by atoms with Crippen LogP contribution in [-0.4, -0.2) is 18.0 Å². The van der Waals surface area contributed by atoms with Crippen molar-refractivity contribution in [2.45, 2.75) is 26.5 Å². The molecule has 0 aliphatic rings. The maximum absolute atomic E-state index is 11.5. The molecule has 0 heterocycles. The Labute approximate surface area is 112 Å². The molecule has 2 N–H and O–H groups in total. The fourth-order valence-electron chi connectivity index (χ4n) is 1.29. The van der Waals surface area contributed by atoms with Gasteiger partial charge in [0.1, 0.15) is 12.3 Å². The lowest BCUT2D eigenvalue weighted by atomic mass is 10.2. The lowest BCUT2D eigenvalue weighted by Gasteiger charge is -2.11. The molecule has 0 fully saturated rings. The molecule has 0 aliphatic carbocycles. The molecule has 1 aromatic carbocycles. The zero-order valence-electron chi connectivity index (χ0n) is 11.1. The molecule has 0 spiro atoms. The third kappa shape index (κ3) is 5.72. The number of hydrogen-bond acceptors (Lipinski definition) is 3. The topological polar surface area (TPSA) is 67.4 Å². The van der Waals surface area contributed by atoms with Crippen LogP contribution in [0.1, 0.15) is 19.4 Å². The Balaban J connectivity index is 2.35. The first kappa shape index (κ1) is 14.8. The number of alkyl carbamates (subject to hydrolysis) is 1. The van der Waals surface area contributed by atoms with Gasteiger partial charge in [-0.3, -0.25) is 10.1 Å². The molecule has 1 rings (SSSR count). The molecule has 0 saturated heterocycles. The number of carbonyl (C=O) groups excluding carboxylic acids is 2. The van der Waals surface area contributed by atoms with Gasteiger partial charge in [-0.1, -0.05) is 36.9 Å². The second kappa shape index (κ2) is 7.20. The second-order valence-electron chi connectivity index (χ2n) is 4.29. The Morgan fingerprint density at radius 1 is 1.26 bits per heavy atom. The van der Waals surface area contributed by atoms with Crippen LogP contribution in [0.15, 0.2) is 42.6 Å². The zero-order chi connectivity index (χ0) is 14.3. The first-order valence-corrected chi connectivity index (χ1v) is 5.96. The van der Waals surface area contributed by atoms with Crippen LogP contribution in [-0.2, 0) is 16.1 Å². The fourth-order valence-corrected chi connectivity index (χ4v) is 1.29. The Morgan fingerprint density at radius 2 is 1.89 bits per heavy atom. The van der Waals surface area contributed by atoms with Gasteiger partial charge in [0.05, 0.1) is 0 Å². The lowest BCUT2D eigenvalue weighted by Crippen LogP contribution is -2.37. The number of carbonyl (C=O) groups is 2. The summed E-state index contributed by atoms with van der Waals surface area (Å²) in [5.74, 6) is -0.424. The highest BCUT2D eigenvalue weighted by atomic mass is 16.5. The van der Waals surface area contributed by atoms with Crippen LogP contribution in [0.4, 0.5) is 4.79 Å². The maximum atomic E-state index is 11.5. The molecule has 102 valence electrons. The summed E-state index contributed by atoms with van der Waals surface area (Å²) in [4.78, 5) is 22.9. The van der Waals surface area contributed by atoms with Gasteiger partial charge < -0.3 is 10.1 Å². The molecule has 5 heteroatoms. The van der Waals surface area contributed by atoms with E-state index in [-0.39, 0.29) is 18.3 Å². The molecular weight excluding hydrogens is 244 g/mol. The Bertz CT molecular complexity index is 455. The van der Waals surface area contributed by atoms with Crippen molar-refractivity contribution in [3.05, 3.63) is 48.2 Å². The highest BCUT2D eigenvalue weighted by Crippen LogP contribution is 2.01. The minimum Gasteiger partial charge on any atom is -0.444 e. The summed E-state index contributed by atoms with van der Waals surface area (Å²) in [7, 11) is 0. The fraction of sp³-hybridized carbons (Fsp3) is 0.286. The Kier molecular flexibility index (Phi) is 5.60. The highest BCUT2D eigenvalue weighted by molar-refractivity contribution is 5.95. The van der Waals surface area contributed by atoms with E-state index in [1.807, 2.05) is 44.2 Å². The first-order chi connectivity index (χ1) is 8.99. The molecule has 0 aromatic heterocycles. The Morgan fingerprint density at radius 3 is 2.47 bits per heavy atom. The smallest absolute Gasteiger partial charge is 0.412 e. The van der Waals surface area contributed by atoms with Gasteiger partial charge in [0, 0.05) is 6.04 Å². The van der Waals surface area contributed by atoms with Gasteiger partial charge in [0.25, 0.3) is 5.91 Å². The molecule has 1 aromatic rings. The number of hydrogen-bond donors (Lipinski definition) is 2. The number of ether oxygens (including phenoxy) is 1. The molecule has 0 atom stereocenters. The summed E-state index contributed by atoms with van der Waals surface area (Å²) in [5.41, 5.74) is 0.835. The van der Waals surface area contributed by atoms with Crippen molar-refractivity contribution in [1.82, 2.24) is 10.6 Å². The quantitative estimate of drug-likeness (QED) is 0.797. The van der Waals surface area contributed by atoms with Crippen molar-refractivity contribution in [2.24, 2.45) is 0 Å². The van der Waals surface area contributed by atoms with Gasteiger partial charge in [-0.15, -0.1) is 0 Å². The Hall–Kier alpha value is -2.30. The van der Waals surface area contributed by atoms with E-state index >= 15 is 0 Å². The summed E-state index contributed by atoms with van der Waals surface area (Å²) >= 11 is 0. The van der Waals surface area contributed by atoms with Crippen molar-refractivity contribution in [3.8, 4) is 0 Å². The summed E-state index contributed by atoms with van der Waals surface area (Å²) in [6, 6.07) is 9.24. The van der Waals surface area contributed by atoms with E-state index in [9.17, 15) is 9.59 Å². The number of amides is 2. The van der Waals surface area contributed by atoms with E-state index < -0.39 is 12.0 Å². The van der Waals surface area contributed by atoms with E-state index in [4.69, 9.17) is 4.74 Å². The predicted octanol–water partition coefficient (Wildman–Crippen LogP) is 1.95. The van der Waals surface area contributed by atoms with Crippen LogP contribution in [0.3, 0.4) is 0 Å². The third-order valence-electron chi connectivity index (χ3n) is 2.16. The van der Waals surface area contributed by atoms with Crippen LogP contribution >= 0.6 is 0 Å². The van der Waals surface area contributed by atoms with Crippen molar-refractivity contribution >= 4 is 12.0 Å². The molecule has 0 saturated carbocycles. The zero-order valence-corrected chi connectivity index (χ0v) is 11.1. The van der Waals surface area contributed by atoms with Crippen LogP contribution in [0.2, 0.25) is 0 Å². The van der Waals surface area contributed by atoms with Crippen molar-refractivity contribution in [3.63, 3.8) is 0 Å². The number of rotatable bonds is 5. The molecule has 0 radical (unpaired) electrons. The van der Waals surface area contributed by atoms with E-state index in [2.05, 4.69) is 17.2 Å². The summed E-state index contributed by atoms with van der Waals surface area (Å²) in [6.45, 7) is 7.26. The lowest BCUT2D eigenvalue weighted by molar-refractivity contribution is -0.118. The van der Waals surface area contributed by atoms with Crippen molar-refractivity contribution in [1.29, 1.82) is 0 Å². The molecule has 19 heavy (non-hydrogen) atoms. The highest BCUT2D eigenvalue weighted by Gasteiger charge is 2.12. The largest absolute Gasteiger partial charge is 0.444 e. The average Bonchev–Trinajstić information content (AvgIpc) is 2.36. The molecule has 2 amide bonds. The van der Waals surface area contributed by atoms with Crippen LogP contribution < -0.4 is 10.6 Å². The standard InChI is InChI=1S/C14H18N2O3/c1-10(2)15-13(17)11(3)16-14(18)19-9-12-7-5-4-6-8-12/h4-8,10H,3,9H2,1-2H3,(H,15,17)(H,16,18). The van der Waals surface area contributed by atoms with Gasteiger partial charge in [-0.05, 0) is 19.4 Å². The molecule has 5 nitrogen and oxygen atoms in total. The number of nitrogens with one attached hydrogen (secondary N) is 2. The van der Waals surface area contributed by atoms with Gasteiger partial charge in [0.15, 0.2) is 0 Å². The third-order valence-corrected chi connectivity index (χ3v) is 2.16. The van der Waals surface area contributed by atoms with E-state index in [1.165, 1.54) is 0 Å². The molecular formula is C14H18N2O3. The molecule has 0 unspecified atom stereocenters. The van der Waals surface area contributed by atoms with E-state index in [0.29, 0.717) is 0 Å². The second-order valence-corrected chi connectivity index (χ2v) is 4.29. The van der Waals surface area contributed by atoms with Crippen molar-refractivity contribution in [2.75, 3.05) is 0 Å². The summed E-state index contributed by atoms with van der Waals surface area (Å²) < 4.78 is 4.96. The van der Waals surface area contributed by atoms with Crippen LogP contribution in [0.25, 0.3) is 0 Å². The predicted molar refractivity (Wildman–Crippen MR) is 72.2 cm³/mol. The van der Waals surface area contributed by atoms with Gasteiger partial charge in [-0.25, -0.2) is 4.79 Å². The van der Waals surface area contributed by atoms with Gasteiger partial charge in [-0.2, -0.15) is 0 Å². The monoisotopic (exact) mass is 262 g/mol. The van der Waals surface area contributed by atoms with Crippen LogP contribution in [0, 0.1) is 0 Å². The average molecular weight is 262 g/mol. The van der Waals surface area contributed by atoms with E-state index in [1.54, 1.807) is 0 Å². The number of benzene rings is 1. The normalized spacial score (nSPS) is 9.84. The minimum atomic E-state index is -0.701. The summed E-state index contributed by atoms with van der Waals surface area (Å²) in [5, 5.41) is 4.90. The maximum Gasteiger partial charge on any atom is 0.412 e. The summed E-state index contributed by atoms with van der Waals surface area (Å²) in [6.07, 6.45) is -0.701. The molecule has 0 aliphatic heterocycles. The molecule has 0 bridgehead atoms. The van der Waals surface area contributed by atoms with Crippen LogP contribution in [0.5, 0.6) is 0 Å². The SMILES string of the molecule is C=C(NC(=O)OCc1ccccc1)C(=O)NC(C)C. The van der Waals surface area contributed by atoms with E-state index in [0.717, 1.165) is 5.56 Å². The first-order valence-electron chi connectivity index (χ1n) is 5.96. The van der Waals surface area contributed by atoms with Gasteiger partial charge >= 0.3 is 6.09 Å². The van der Waals surface area contributed by atoms with Crippen molar-refractivity contribution < 1.29 is 14.3 Å². The van der Waals surface area contributed by atoms with Gasteiger partial charge in [0.2, 0.25) is 0 Å². The minimum absolute atomic E-state index is 0.0219.